The van der Waals surface area contributed by atoms with E-state index in [-0.39, 0.29) is 17.8 Å². The van der Waals surface area contributed by atoms with Crippen molar-refractivity contribution in [1.82, 2.24) is 0 Å². The first-order chi connectivity index (χ1) is 11.2. The molecule has 3 atom stereocenters. The van der Waals surface area contributed by atoms with E-state index in [1.165, 1.54) is 24.1 Å². The Bertz CT molecular complexity index is 651. The van der Waals surface area contributed by atoms with Crippen LogP contribution in [0.1, 0.15) is 59.8 Å². The number of carbonyl (C=O) groups excluding carboxylic acids is 2. The van der Waals surface area contributed by atoms with Gasteiger partial charge in [0.2, 0.25) is 5.91 Å². The number of thiophene rings is 1. The summed E-state index contributed by atoms with van der Waals surface area (Å²) in [6, 6.07) is 0. The molecule has 2 bridgehead atoms. The third-order valence-electron chi connectivity index (χ3n) is 5.71. The van der Waals surface area contributed by atoms with Crippen LogP contribution in [0.4, 0.5) is 5.00 Å². The van der Waals surface area contributed by atoms with Crippen LogP contribution in [-0.2, 0) is 22.4 Å². The van der Waals surface area contributed by atoms with Crippen molar-refractivity contribution in [3.63, 3.8) is 0 Å². The molecule has 1 aromatic heterocycles. The third-order valence-corrected chi connectivity index (χ3v) is 6.92. The second-order valence-electron chi connectivity index (χ2n) is 7.05. The van der Waals surface area contributed by atoms with Gasteiger partial charge in [-0.2, -0.15) is 0 Å². The van der Waals surface area contributed by atoms with Crippen LogP contribution in [0.25, 0.3) is 0 Å². The summed E-state index contributed by atoms with van der Waals surface area (Å²) in [5, 5.41) is 3.81. The summed E-state index contributed by atoms with van der Waals surface area (Å²) in [5.41, 5.74) is 1.73. The number of hydrogen-bond donors (Lipinski definition) is 1. The Morgan fingerprint density at radius 1 is 1.26 bits per heavy atom. The van der Waals surface area contributed by atoms with Gasteiger partial charge < -0.3 is 10.1 Å². The molecular weight excluding hydrogens is 310 g/mol. The number of ether oxygens (including phenoxy) is 1. The van der Waals surface area contributed by atoms with E-state index >= 15 is 0 Å². The van der Waals surface area contributed by atoms with E-state index in [0.29, 0.717) is 18.1 Å². The van der Waals surface area contributed by atoms with Crippen LogP contribution in [-0.4, -0.2) is 18.5 Å². The fraction of sp³-hybridized carbons (Fsp3) is 0.667. The molecule has 0 radical (unpaired) electrons. The number of carbonyl (C=O) groups is 2. The zero-order chi connectivity index (χ0) is 16.0. The molecule has 0 aliphatic heterocycles. The predicted molar refractivity (Wildman–Crippen MR) is 89.9 cm³/mol. The van der Waals surface area contributed by atoms with Gasteiger partial charge in [-0.25, -0.2) is 4.79 Å². The molecule has 23 heavy (non-hydrogen) atoms. The second-order valence-corrected chi connectivity index (χ2v) is 8.16. The summed E-state index contributed by atoms with van der Waals surface area (Å²) >= 11 is 1.58. The summed E-state index contributed by atoms with van der Waals surface area (Å²) in [7, 11) is 0. The first kappa shape index (κ1) is 15.2. The molecule has 1 unspecified atom stereocenters. The van der Waals surface area contributed by atoms with Crippen molar-refractivity contribution in [3.05, 3.63) is 16.0 Å². The van der Waals surface area contributed by atoms with E-state index in [1.54, 1.807) is 11.3 Å². The number of nitrogens with one attached hydrogen (secondary N) is 1. The van der Waals surface area contributed by atoms with Crippen LogP contribution in [0.2, 0.25) is 0 Å². The molecule has 2 fully saturated rings. The third kappa shape index (κ3) is 2.59. The molecule has 4 nitrogen and oxygen atoms in total. The Hall–Kier alpha value is -1.36. The Balaban J connectivity index is 1.56. The molecule has 3 aliphatic carbocycles. The SMILES string of the molecule is CCOC(=O)c1c(NC(=O)C2C[C@@H]3CC[C@H]2C3)sc2c1CCC2. The highest BCUT2D eigenvalue weighted by Crippen LogP contribution is 2.49. The highest BCUT2D eigenvalue weighted by atomic mass is 32.1. The summed E-state index contributed by atoms with van der Waals surface area (Å²) in [4.78, 5) is 26.3. The fourth-order valence-corrected chi connectivity index (χ4v) is 5.96. The molecule has 3 aliphatic rings. The van der Waals surface area contributed by atoms with Crippen LogP contribution in [0.3, 0.4) is 0 Å². The first-order valence-electron chi connectivity index (χ1n) is 8.80. The van der Waals surface area contributed by atoms with Crippen molar-refractivity contribution < 1.29 is 14.3 Å². The minimum absolute atomic E-state index is 0.114. The molecule has 5 heteroatoms. The van der Waals surface area contributed by atoms with Gasteiger partial charge in [0.1, 0.15) is 5.00 Å². The maximum Gasteiger partial charge on any atom is 0.341 e. The average molecular weight is 333 g/mol. The summed E-state index contributed by atoms with van der Waals surface area (Å²) in [6.45, 7) is 2.18. The smallest absolute Gasteiger partial charge is 0.341 e. The Morgan fingerprint density at radius 2 is 2.13 bits per heavy atom. The molecule has 124 valence electrons. The van der Waals surface area contributed by atoms with Crippen molar-refractivity contribution in [2.75, 3.05) is 11.9 Å². The maximum absolute atomic E-state index is 12.7. The highest BCUT2D eigenvalue weighted by molar-refractivity contribution is 7.17. The van der Waals surface area contributed by atoms with Crippen LogP contribution < -0.4 is 5.32 Å². The van der Waals surface area contributed by atoms with Crippen LogP contribution in [0, 0.1) is 17.8 Å². The quantitative estimate of drug-likeness (QED) is 0.853. The van der Waals surface area contributed by atoms with E-state index in [1.807, 2.05) is 6.92 Å². The number of esters is 1. The molecule has 1 heterocycles. The summed E-state index contributed by atoms with van der Waals surface area (Å²) in [5.74, 6) is 1.27. The molecule has 1 N–H and O–H groups in total. The molecule has 4 rings (SSSR count). The molecule has 0 saturated heterocycles. The lowest BCUT2D eigenvalue weighted by molar-refractivity contribution is -0.121. The zero-order valence-electron chi connectivity index (χ0n) is 13.5. The Labute approximate surface area is 140 Å². The van der Waals surface area contributed by atoms with Gasteiger partial charge in [-0.3, -0.25) is 4.79 Å². The average Bonchev–Trinajstić information content (AvgIpc) is 3.27. The van der Waals surface area contributed by atoms with Crippen LogP contribution >= 0.6 is 11.3 Å². The zero-order valence-corrected chi connectivity index (χ0v) is 14.3. The lowest BCUT2D eigenvalue weighted by atomic mass is 9.88. The molecule has 1 amide bonds. The van der Waals surface area contributed by atoms with Crippen LogP contribution in [0.15, 0.2) is 0 Å². The summed E-state index contributed by atoms with van der Waals surface area (Å²) in [6.07, 6.45) is 7.74. The number of hydrogen-bond acceptors (Lipinski definition) is 4. The van der Waals surface area contributed by atoms with Gasteiger partial charge in [0.05, 0.1) is 12.2 Å². The lowest BCUT2D eigenvalue weighted by Crippen LogP contribution is -2.27. The number of anilines is 1. The van der Waals surface area contributed by atoms with E-state index < -0.39 is 0 Å². The predicted octanol–water partition coefficient (Wildman–Crippen LogP) is 3.79. The normalized spacial score (nSPS) is 28.0. The minimum atomic E-state index is -0.282. The fourth-order valence-electron chi connectivity index (χ4n) is 4.68. The van der Waals surface area contributed by atoms with Crippen molar-refractivity contribution in [1.29, 1.82) is 0 Å². The van der Waals surface area contributed by atoms with Gasteiger partial charge in [-0.15, -0.1) is 11.3 Å². The van der Waals surface area contributed by atoms with Gasteiger partial charge >= 0.3 is 5.97 Å². The van der Waals surface area contributed by atoms with Crippen molar-refractivity contribution >= 4 is 28.2 Å². The maximum atomic E-state index is 12.7. The van der Waals surface area contributed by atoms with Gasteiger partial charge in [0.25, 0.3) is 0 Å². The number of aryl methyl sites for hydroxylation is 1. The van der Waals surface area contributed by atoms with E-state index in [0.717, 1.165) is 42.2 Å². The highest BCUT2D eigenvalue weighted by Gasteiger charge is 2.43. The molecule has 1 aromatic rings. The number of amides is 1. The minimum Gasteiger partial charge on any atom is -0.462 e. The standard InChI is InChI=1S/C18H23NO3S/c1-2-22-18(21)15-12-4-3-5-14(12)23-17(15)19-16(20)13-9-10-6-7-11(13)8-10/h10-11,13H,2-9H2,1H3,(H,19,20)/t10-,11+,13?/m1/s1. The van der Waals surface area contributed by atoms with Crippen molar-refractivity contribution in [2.45, 2.75) is 51.9 Å². The van der Waals surface area contributed by atoms with E-state index in [2.05, 4.69) is 5.32 Å². The van der Waals surface area contributed by atoms with Crippen molar-refractivity contribution in [2.24, 2.45) is 17.8 Å². The number of rotatable bonds is 4. The monoisotopic (exact) mass is 333 g/mol. The number of fused-ring (bicyclic) bond motifs is 3. The van der Waals surface area contributed by atoms with Gasteiger partial charge in [0, 0.05) is 10.8 Å². The van der Waals surface area contributed by atoms with Gasteiger partial charge in [0.15, 0.2) is 0 Å². The van der Waals surface area contributed by atoms with Gasteiger partial charge in [-0.1, -0.05) is 6.42 Å². The van der Waals surface area contributed by atoms with E-state index in [9.17, 15) is 9.59 Å². The molecule has 0 aromatic carbocycles. The molecule has 2 saturated carbocycles. The first-order valence-corrected chi connectivity index (χ1v) is 9.61. The van der Waals surface area contributed by atoms with Crippen LogP contribution in [0.5, 0.6) is 0 Å². The second kappa shape index (κ2) is 5.93. The van der Waals surface area contributed by atoms with E-state index in [4.69, 9.17) is 4.74 Å². The Kier molecular flexibility index (Phi) is 3.92. The lowest BCUT2D eigenvalue weighted by Gasteiger charge is -2.20. The molecule has 0 spiro atoms. The van der Waals surface area contributed by atoms with Gasteiger partial charge in [-0.05, 0) is 62.8 Å². The molecular formula is C18H23NO3S. The Morgan fingerprint density at radius 3 is 2.83 bits per heavy atom. The summed E-state index contributed by atoms with van der Waals surface area (Å²) < 4.78 is 5.23. The largest absolute Gasteiger partial charge is 0.462 e. The topological polar surface area (TPSA) is 55.4 Å². The van der Waals surface area contributed by atoms with Crippen molar-refractivity contribution in [3.8, 4) is 0 Å².